The maximum atomic E-state index is 14.1. The summed E-state index contributed by atoms with van der Waals surface area (Å²) in [6.07, 6.45) is 5.78. The SMILES string of the molecule is COc1cc(F)c([N+](=O)[O-])cc1Nc1ncc(N(C)CCO)c(-c2cn3c4c(cccc24)CCC3)n1. The number of nitrogens with zero attached hydrogens (tertiary/aromatic N) is 5. The van der Waals surface area contributed by atoms with E-state index in [2.05, 4.69) is 33.2 Å². The Morgan fingerprint density at radius 2 is 2.19 bits per heavy atom. The van der Waals surface area contributed by atoms with Crippen LogP contribution in [0.3, 0.4) is 0 Å². The van der Waals surface area contributed by atoms with Crippen molar-refractivity contribution < 1.29 is 19.2 Å². The standard InChI is InChI=1S/C25H25FN6O4/c1-30(9-10-33)21-13-27-25(28-19-12-20(32(34)35)18(26)11-22(19)36-2)29-23(21)17-14-31-8-4-6-15-5-3-7-16(17)24(15)31/h3,5,7,11-14,33H,4,6,8-10H2,1-2H3,(H,27,28,29). The maximum Gasteiger partial charge on any atom is 0.307 e. The van der Waals surface area contributed by atoms with Crippen LogP contribution in [0.5, 0.6) is 5.75 Å². The van der Waals surface area contributed by atoms with E-state index in [1.54, 1.807) is 6.20 Å². The number of likely N-dealkylation sites (N-methyl/N-ethyl adjacent to an activating group) is 1. The minimum atomic E-state index is -1.00. The number of aliphatic hydroxyl groups excluding tert-OH is 1. The van der Waals surface area contributed by atoms with Crippen LogP contribution in [0.2, 0.25) is 0 Å². The number of anilines is 3. The van der Waals surface area contributed by atoms with Gasteiger partial charge in [0.25, 0.3) is 0 Å². The van der Waals surface area contributed by atoms with Crippen molar-refractivity contribution in [1.29, 1.82) is 0 Å². The smallest absolute Gasteiger partial charge is 0.307 e. The van der Waals surface area contributed by atoms with Crippen molar-refractivity contribution >= 4 is 33.9 Å². The zero-order valence-corrected chi connectivity index (χ0v) is 19.9. The number of aromatic nitrogens is 3. The normalized spacial score (nSPS) is 12.6. The average molecular weight is 493 g/mol. The van der Waals surface area contributed by atoms with Gasteiger partial charge in [-0.1, -0.05) is 18.2 Å². The second kappa shape index (κ2) is 9.42. The van der Waals surface area contributed by atoms with Gasteiger partial charge in [-0.05, 0) is 18.4 Å². The van der Waals surface area contributed by atoms with Gasteiger partial charge in [0, 0.05) is 49.4 Å². The molecule has 1 aliphatic rings. The minimum Gasteiger partial charge on any atom is -0.494 e. The molecule has 2 aromatic carbocycles. The van der Waals surface area contributed by atoms with E-state index in [9.17, 15) is 19.6 Å². The first-order chi connectivity index (χ1) is 17.4. The Morgan fingerprint density at radius 3 is 2.94 bits per heavy atom. The maximum absolute atomic E-state index is 14.1. The number of para-hydroxylation sites is 1. The Hall–Kier alpha value is -4.25. The lowest BCUT2D eigenvalue weighted by atomic mass is 10.0. The van der Waals surface area contributed by atoms with E-state index in [-0.39, 0.29) is 24.0 Å². The number of hydrogen-bond donors (Lipinski definition) is 2. The summed E-state index contributed by atoms with van der Waals surface area (Å²) in [5.74, 6) is -0.756. The van der Waals surface area contributed by atoms with Gasteiger partial charge in [0.2, 0.25) is 11.8 Å². The highest BCUT2D eigenvalue weighted by atomic mass is 19.1. The van der Waals surface area contributed by atoms with Crippen molar-refractivity contribution in [3.8, 4) is 17.0 Å². The highest BCUT2D eigenvalue weighted by Gasteiger charge is 2.23. The third kappa shape index (κ3) is 4.07. The van der Waals surface area contributed by atoms with Crippen LogP contribution < -0.4 is 15.0 Å². The first-order valence-electron chi connectivity index (χ1n) is 11.5. The zero-order valence-electron chi connectivity index (χ0n) is 19.9. The summed E-state index contributed by atoms with van der Waals surface area (Å²) in [4.78, 5) is 21.5. The predicted molar refractivity (Wildman–Crippen MR) is 135 cm³/mol. The van der Waals surface area contributed by atoms with Gasteiger partial charge in [0.15, 0.2) is 0 Å². The van der Waals surface area contributed by atoms with E-state index in [4.69, 9.17) is 9.72 Å². The number of nitro groups is 1. The number of nitro benzene ring substituents is 1. The molecule has 2 N–H and O–H groups in total. The van der Waals surface area contributed by atoms with Crippen LogP contribution in [-0.4, -0.2) is 51.9 Å². The number of ether oxygens (including phenoxy) is 1. The molecule has 0 atom stereocenters. The number of aryl methyl sites for hydroxylation is 2. The molecule has 4 aromatic rings. The van der Waals surface area contributed by atoms with Crippen LogP contribution in [0.25, 0.3) is 22.2 Å². The summed E-state index contributed by atoms with van der Waals surface area (Å²) >= 11 is 0. The van der Waals surface area contributed by atoms with Crippen molar-refractivity contribution in [2.45, 2.75) is 19.4 Å². The molecule has 5 rings (SSSR count). The number of nitrogens with one attached hydrogen (secondary N) is 1. The number of halogens is 1. The van der Waals surface area contributed by atoms with Crippen molar-refractivity contribution in [2.24, 2.45) is 0 Å². The van der Waals surface area contributed by atoms with Gasteiger partial charge in [0.05, 0.1) is 41.7 Å². The number of aliphatic hydroxyl groups is 1. The van der Waals surface area contributed by atoms with Crippen LogP contribution in [0.15, 0.2) is 42.7 Å². The number of rotatable bonds is 8. The Labute approximate surface area is 206 Å². The van der Waals surface area contributed by atoms with Gasteiger partial charge in [-0.15, -0.1) is 0 Å². The highest BCUT2D eigenvalue weighted by Crippen LogP contribution is 2.39. The lowest BCUT2D eigenvalue weighted by Crippen LogP contribution is -2.22. The van der Waals surface area contributed by atoms with Gasteiger partial charge in [-0.3, -0.25) is 10.1 Å². The highest BCUT2D eigenvalue weighted by molar-refractivity contribution is 6.00. The monoisotopic (exact) mass is 492 g/mol. The van der Waals surface area contributed by atoms with Crippen LogP contribution in [0, 0.1) is 15.9 Å². The number of benzene rings is 2. The van der Waals surface area contributed by atoms with Gasteiger partial charge in [-0.25, -0.2) is 9.97 Å². The molecule has 36 heavy (non-hydrogen) atoms. The number of hydrogen-bond acceptors (Lipinski definition) is 8. The quantitative estimate of drug-likeness (QED) is 0.277. The molecule has 186 valence electrons. The molecular formula is C25H25FN6O4. The molecule has 0 unspecified atom stereocenters. The molecule has 11 heteroatoms. The molecule has 0 fully saturated rings. The fourth-order valence-electron chi connectivity index (χ4n) is 4.70. The van der Waals surface area contributed by atoms with E-state index in [0.29, 0.717) is 12.2 Å². The lowest BCUT2D eigenvalue weighted by molar-refractivity contribution is -0.387. The molecule has 0 saturated carbocycles. The van der Waals surface area contributed by atoms with Crippen LogP contribution in [-0.2, 0) is 13.0 Å². The second-order valence-electron chi connectivity index (χ2n) is 8.61. The summed E-state index contributed by atoms with van der Waals surface area (Å²) < 4.78 is 21.6. The summed E-state index contributed by atoms with van der Waals surface area (Å²) in [6, 6.07) is 8.25. The molecule has 1 aliphatic heterocycles. The van der Waals surface area contributed by atoms with Crippen molar-refractivity contribution in [3.63, 3.8) is 0 Å². The fraction of sp³-hybridized carbons (Fsp3) is 0.280. The van der Waals surface area contributed by atoms with E-state index in [0.717, 1.165) is 48.2 Å². The zero-order chi connectivity index (χ0) is 25.4. The van der Waals surface area contributed by atoms with Gasteiger partial charge in [-0.2, -0.15) is 4.39 Å². The molecule has 3 heterocycles. The molecule has 0 bridgehead atoms. The minimum absolute atomic E-state index is 0.0434. The molecule has 0 spiro atoms. The van der Waals surface area contributed by atoms with Crippen molar-refractivity contribution in [2.75, 3.05) is 37.5 Å². The van der Waals surface area contributed by atoms with E-state index in [1.807, 2.05) is 18.0 Å². The average Bonchev–Trinajstić information content (AvgIpc) is 3.25. The Kier molecular flexibility index (Phi) is 6.15. The first kappa shape index (κ1) is 23.5. The van der Waals surface area contributed by atoms with Gasteiger partial charge in [0.1, 0.15) is 11.4 Å². The van der Waals surface area contributed by atoms with E-state index in [1.165, 1.54) is 18.2 Å². The molecule has 0 radical (unpaired) electrons. The van der Waals surface area contributed by atoms with Gasteiger partial charge < -0.3 is 24.6 Å². The van der Waals surface area contributed by atoms with Crippen LogP contribution in [0.4, 0.5) is 27.4 Å². The summed E-state index contributed by atoms with van der Waals surface area (Å²) in [5, 5.41) is 24.8. The molecule has 2 aromatic heterocycles. The van der Waals surface area contributed by atoms with Gasteiger partial charge >= 0.3 is 5.69 Å². The Bertz CT molecular complexity index is 1470. The van der Waals surface area contributed by atoms with Crippen molar-refractivity contribution in [1.82, 2.24) is 14.5 Å². The molecule has 0 aliphatic carbocycles. The number of methoxy groups -OCH3 is 1. The molecular weight excluding hydrogens is 467 g/mol. The Balaban J connectivity index is 1.65. The molecule has 0 amide bonds. The Morgan fingerprint density at radius 1 is 1.36 bits per heavy atom. The third-order valence-corrected chi connectivity index (χ3v) is 6.41. The van der Waals surface area contributed by atoms with E-state index < -0.39 is 16.4 Å². The molecule has 10 nitrogen and oxygen atoms in total. The third-order valence-electron chi connectivity index (χ3n) is 6.41. The lowest BCUT2D eigenvalue weighted by Gasteiger charge is -2.21. The first-order valence-corrected chi connectivity index (χ1v) is 11.5. The summed E-state index contributed by atoms with van der Waals surface area (Å²) in [5.41, 5.74) is 4.21. The second-order valence-corrected chi connectivity index (χ2v) is 8.61. The molecule has 0 saturated heterocycles. The van der Waals surface area contributed by atoms with Crippen LogP contribution >= 0.6 is 0 Å². The topological polar surface area (TPSA) is 119 Å². The summed E-state index contributed by atoms with van der Waals surface area (Å²) in [6.45, 7) is 1.24. The summed E-state index contributed by atoms with van der Waals surface area (Å²) in [7, 11) is 3.19. The van der Waals surface area contributed by atoms with Crippen LogP contribution in [0.1, 0.15) is 12.0 Å². The van der Waals surface area contributed by atoms with Crippen molar-refractivity contribution in [3.05, 3.63) is 64.2 Å². The van der Waals surface area contributed by atoms with E-state index >= 15 is 0 Å². The predicted octanol–water partition coefficient (Wildman–Crippen LogP) is 4.27. The fourth-order valence-corrected chi connectivity index (χ4v) is 4.70. The largest absolute Gasteiger partial charge is 0.494 e.